The molecule has 1 fully saturated rings. The number of hydrogen-bond donors (Lipinski definition) is 2. The number of thioether (sulfide) groups is 1. The average molecular weight is 329 g/mol. The number of anilines is 2. The van der Waals surface area contributed by atoms with Gasteiger partial charge in [0.25, 0.3) is 0 Å². The number of rotatable bonds is 6. The first-order valence-electron chi connectivity index (χ1n) is 7.44. The van der Waals surface area contributed by atoms with Crippen molar-refractivity contribution in [1.29, 1.82) is 0 Å². The summed E-state index contributed by atoms with van der Waals surface area (Å²) >= 11 is 2.99. The van der Waals surface area contributed by atoms with Crippen LogP contribution in [0.2, 0.25) is 0 Å². The van der Waals surface area contributed by atoms with Gasteiger partial charge in [-0.15, -0.1) is 23.1 Å². The van der Waals surface area contributed by atoms with Crippen molar-refractivity contribution < 1.29 is 9.53 Å². The minimum absolute atomic E-state index is 0.321. The van der Waals surface area contributed by atoms with Crippen molar-refractivity contribution in [2.45, 2.75) is 38.0 Å². The Labute approximate surface area is 134 Å². The van der Waals surface area contributed by atoms with E-state index < -0.39 is 0 Å². The molecule has 1 aromatic heterocycles. The van der Waals surface area contributed by atoms with Crippen molar-refractivity contribution in [1.82, 2.24) is 0 Å². The molecule has 6 heteroatoms. The number of hydrogen-bond acceptors (Lipinski definition) is 6. The van der Waals surface area contributed by atoms with Crippen LogP contribution in [0.5, 0.6) is 0 Å². The fourth-order valence-electron chi connectivity index (χ4n) is 2.84. The highest BCUT2D eigenvalue weighted by Crippen LogP contribution is 2.42. The van der Waals surface area contributed by atoms with Gasteiger partial charge in [-0.1, -0.05) is 13.3 Å². The molecular formula is C15H24N2O2S2. The number of thiophene rings is 1. The van der Waals surface area contributed by atoms with Gasteiger partial charge < -0.3 is 15.8 Å². The fourth-order valence-corrected chi connectivity index (χ4v) is 4.78. The van der Waals surface area contributed by atoms with E-state index in [9.17, 15) is 4.79 Å². The van der Waals surface area contributed by atoms with Crippen LogP contribution in [0.15, 0.2) is 4.90 Å². The Balaban J connectivity index is 2.07. The van der Waals surface area contributed by atoms with E-state index in [1.165, 1.54) is 30.6 Å². The van der Waals surface area contributed by atoms with E-state index >= 15 is 0 Å². The molecular weight excluding hydrogens is 304 g/mol. The highest BCUT2D eigenvalue weighted by Gasteiger charge is 2.24. The summed E-state index contributed by atoms with van der Waals surface area (Å²) in [5, 5.41) is 4.50. The monoisotopic (exact) mass is 328 g/mol. The van der Waals surface area contributed by atoms with Gasteiger partial charge in [-0.2, -0.15) is 0 Å². The first kappa shape index (κ1) is 16.5. The van der Waals surface area contributed by atoms with Crippen molar-refractivity contribution in [2.24, 2.45) is 11.8 Å². The predicted molar refractivity (Wildman–Crippen MR) is 91.5 cm³/mol. The van der Waals surface area contributed by atoms with Crippen LogP contribution in [0.25, 0.3) is 0 Å². The molecule has 1 heterocycles. The molecule has 1 aromatic rings. The van der Waals surface area contributed by atoms with Gasteiger partial charge in [0.15, 0.2) is 0 Å². The van der Waals surface area contributed by atoms with E-state index in [4.69, 9.17) is 10.5 Å². The number of carbonyl (C=O) groups excluding carboxylic acids is 1. The first-order valence-corrected chi connectivity index (χ1v) is 9.48. The normalized spacial score (nSPS) is 21.5. The van der Waals surface area contributed by atoms with Crippen LogP contribution < -0.4 is 11.1 Å². The van der Waals surface area contributed by atoms with Crippen LogP contribution in [-0.2, 0) is 4.74 Å². The van der Waals surface area contributed by atoms with E-state index in [-0.39, 0.29) is 5.97 Å². The third-order valence-electron chi connectivity index (χ3n) is 3.92. The second kappa shape index (κ2) is 7.40. The van der Waals surface area contributed by atoms with Crippen molar-refractivity contribution in [2.75, 3.05) is 30.5 Å². The van der Waals surface area contributed by atoms with E-state index in [2.05, 4.69) is 12.2 Å². The van der Waals surface area contributed by atoms with E-state index in [1.807, 2.05) is 6.26 Å². The number of carbonyl (C=O) groups is 1. The molecule has 2 atom stereocenters. The molecule has 1 aliphatic rings. The molecule has 0 bridgehead atoms. The van der Waals surface area contributed by atoms with Gasteiger partial charge in [0.2, 0.25) is 0 Å². The Hall–Kier alpha value is -0.880. The van der Waals surface area contributed by atoms with E-state index in [0.29, 0.717) is 17.2 Å². The lowest BCUT2D eigenvalue weighted by molar-refractivity contribution is 0.0533. The van der Waals surface area contributed by atoms with Gasteiger partial charge in [0.05, 0.1) is 17.2 Å². The third kappa shape index (κ3) is 3.86. The summed E-state index contributed by atoms with van der Waals surface area (Å²) < 4.78 is 5.07. The number of nitrogen functional groups attached to an aromatic ring is 1. The Morgan fingerprint density at radius 2 is 2.29 bits per heavy atom. The molecule has 0 amide bonds. The molecule has 118 valence electrons. The minimum Gasteiger partial charge on any atom is -0.462 e. The van der Waals surface area contributed by atoms with Crippen molar-refractivity contribution in [3.05, 3.63) is 4.88 Å². The molecule has 21 heavy (non-hydrogen) atoms. The topological polar surface area (TPSA) is 64.3 Å². The second-order valence-electron chi connectivity index (χ2n) is 5.59. The Morgan fingerprint density at radius 1 is 1.52 bits per heavy atom. The lowest BCUT2D eigenvalue weighted by Crippen LogP contribution is -2.11. The van der Waals surface area contributed by atoms with Crippen molar-refractivity contribution >= 4 is 39.8 Å². The molecule has 1 aliphatic carbocycles. The molecule has 0 aliphatic heterocycles. The number of nitrogens with two attached hydrogens (primary N) is 1. The first-order chi connectivity index (χ1) is 10.1. The molecule has 0 saturated heterocycles. The van der Waals surface area contributed by atoms with Gasteiger partial charge in [-0.25, -0.2) is 4.79 Å². The summed E-state index contributed by atoms with van der Waals surface area (Å²) in [6.45, 7) is 5.44. The highest BCUT2D eigenvalue weighted by molar-refractivity contribution is 7.99. The lowest BCUT2D eigenvalue weighted by Gasteiger charge is -2.12. The molecule has 0 aromatic carbocycles. The van der Waals surface area contributed by atoms with Gasteiger partial charge >= 0.3 is 5.97 Å². The van der Waals surface area contributed by atoms with Gasteiger partial charge in [0, 0.05) is 6.54 Å². The fraction of sp³-hybridized carbons (Fsp3) is 0.667. The maximum Gasteiger partial charge on any atom is 0.350 e. The van der Waals surface area contributed by atoms with Crippen molar-refractivity contribution in [3.8, 4) is 0 Å². The van der Waals surface area contributed by atoms with Crippen LogP contribution in [0.3, 0.4) is 0 Å². The summed E-state index contributed by atoms with van der Waals surface area (Å²) in [5.74, 6) is 1.24. The zero-order chi connectivity index (χ0) is 15.4. The van der Waals surface area contributed by atoms with E-state index in [1.54, 1.807) is 18.7 Å². The van der Waals surface area contributed by atoms with Gasteiger partial charge in [-0.3, -0.25) is 0 Å². The summed E-state index contributed by atoms with van der Waals surface area (Å²) in [5.41, 5.74) is 6.65. The molecule has 2 unspecified atom stereocenters. The Kier molecular flexibility index (Phi) is 5.81. The Morgan fingerprint density at radius 3 is 2.86 bits per heavy atom. The number of esters is 1. The number of ether oxygens (including phenoxy) is 1. The van der Waals surface area contributed by atoms with E-state index in [0.717, 1.165) is 28.3 Å². The molecule has 1 saturated carbocycles. The molecule has 3 N–H and O–H groups in total. The quantitative estimate of drug-likeness (QED) is 0.608. The summed E-state index contributed by atoms with van der Waals surface area (Å²) in [4.78, 5) is 13.4. The zero-order valence-electron chi connectivity index (χ0n) is 12.9. The minimum atomic E-state index is -0.321. The summed E-state index contributed by atoms with van der Waals surface area (Å²) in [6, 6.07) is 0. The zero-order valence-corrected chi connectivity index (χ0v) is 14.5. The largest absolute Gasteiger partial charge is 0.462 e. The van der Waals surface area contributed by atoms with Crippen LogP contribution in [0, 0.1) is 11.8 Å². The highest BCUT2D eigenvalue weighted by atomic mass is 32.2. The lowest BCUT2D eigenvalue weighted by atomic mass is 10.1. The summed E-state index contributed by atoms with van der Waals surface area (Å²) in [7, 11) is 0. The molecule has 0 spiro atoms. The van der Waals surface area contributed by atoms with Crippen LogP contribution in [0.1, 0.15) is 42.8 Å². The van der Waals surface area contributed by atoms with Crippen molar-refractivity contribution in [3.63, 3.8) is 0 Å². The summed E-state index contributed by atoms with van der Waals surface area (Å²) in [6.07, 6.45) is 5.88. The molecule has 2 rings (SSSR count). The second-order valence-corrected chi connectivity index (χ2v) is 7.43. The SMILES string of the molecule is CCOC(=O)c1sc(NCC2CCC(C)C2)c(SC)c1N. The standard InChI is InChI=1S/C15H24N2O2S2/c1-4-19-15(18)13-11(16)12(20-3)14(21-13)17-8-10-6-5-9(2)7-10/h9-10,17H,4-8,16H2,1-3H3. The van der Waals surface area contributed by atoms with Gasteiger partial charge in [0.1, 0.15) is 9.88 Å². The third-order valence-corrected chi connectivity index (χ3v) is 6.02. The van der Waals surface area contributed by atoms with Gasteiger partial charge in [-0.05, 0) is 37.9 Å². The maximum absolute atomic E-state index is 11.9. The van der Waals surface area contributed by atoms with Crippen LogP contribution >= 0.6 is 23.1 Å². The molecule has 4 nitrogen and oxygen atoms in total. The maximum atomic E-state index is 11.9. The van der Waals surface area contributed by atoms with Crippen LogP contribution in [-0.4, -0.2) is 25.4 Å². The van der Waals surface area contributed by atoms with Crippen LogP contribution in [0.4, 0.5) is 10.7 Å². The molecule has 0 radical (unpaired) electrons. The predicted octanol–water partition coefficient (Wildman–Crippen LogP) is 4.08. The average Bonchev–Trinajstić information content (AvgIpc) is 3.00. The Bertz CT molecular complexity index is 502. The number of nitrogens with one attached hydrogen (secondary N) is 1. The smallest absolute Gasteiger partial charge is 0.350 e.